The van der Waals surface area contributed by atoms with Gasteiger partial charge in [0.25, 0.3) is 0 Å². The highest BCUT2D eigenvalue weighted by molar-refractivity contribution is 7.89. The zero-order chi connectivity index (χ0) is 10.9. The zero-order valence-electron chi connectivity index (χ0n) is 7.61. The lowest BCUT2D eigenvalue weighted by atomic mass is 10.5. The van der Waals surface area contributed by atoms with Crippen LogP contribution in [0.15, 0.2) is 41.7 Å². The molecule has 6 nitrogen and oxygen atoms in total. The van der Waals surface area contributed by atoms with Crippen molar-refractivity contribution in [1.82, 2.24) is 14.8 Å². The highest BCUT2D eigenvalue weighted by Gasteiger charge is 2.07. The van der Waals surface area contributed by atoms with Gasteiger partial charge in [-0.2, -0.15) is 5.10 Å². The predicted octanol–water partition coefficient (Wildman–Crippen LogP) is -0.0853. The molecule has 0 atom stereocenters. The SMILES string of the molecule is NS(=O)(=O)c1ccc(-n2cccn2)nc1. The lowest BCUT2D eigenvalue weighted by Gasteiger charge is -2.01. The molecule has 0 saturated carbocycles. The molecule has 7 heteroatoms. The van der Waals surface area contributed by atoms with Crippen molar-refractivity contribution in [2.45, 2.75) is 4.90 Å². The predicted molar refractivity (Wildman–Crippen MR) is 52.7 cm³/mol. The molecular weight excluding hydrogens is 216 g/mol. The summed E-state index contributed by atoms with van der Waals surface area (Å²) in [6, 6.07) is 4.67. The Morgan fingerprint density at radius 3 is 2.60 bits per heavy atom. The molecule has 78 valence electrons. The van der Waals surface area contributed by atoms with Gasteiger partial charge in [0.15, 0.2) is 5.82 Å². The number of nitrogens with two attached hydrogens (primary N) is 1. The first-order valence-electron chi connectivity index (χ1n) is 4.06. The fourth-order valence-corrected chi connectivity index (χ4v) is 1.54. The van der Waals surface area contributed by atoms with E-state index < -0.39 is 10.0 Å². The number of sulfonamides is 1. The Balaban J connectivity index is 2.42. The van der Waals surface area contributed by atoms with Crippen molar-refractivity contribution >= 4 is 10.0 Å². The van der Waals surface area contributed by atoms with Crippen molar-refractivity contribution in [3.05, 3.63) is 36.8 Å². The van der Waals surface area contributed by atoms with Gasteiger partial charge in [0.1, 0.15) is 4.90 Å². The molecule has 2 aromatic heterocycles. The van der Waals surface area contributed by atoms with Gasteiger partial charge in [-0.1, -0.05) is 0 Å². The van der Waals surface area contributed by atoms with Crippen LogP contribution in [0.25, 0.3) is 5.82 Å². The van der Waals surface area contributed by atoms with E-state index in [1.54, 1.807) is 18.5 Å². The van der Waals surface area contributed by atoms with Crippen LogP contribution >= 0.6 is 0 Å². The van der Waals surface area contributed by atoms with E-state index in [1.165, 1.54) is 23.0 Å². The molecule has 0 bridgehead atoms. The topological polar surface area (TPSA) is 90.9 Å². The summed E-state index contributed by atoms with van der Waals surface area (Å²) in [5.41, 5.74) is 0. The van der Waals surface area contributed by atoms with Crippen molar-refractivity contribution < 1.29 is 8.42 Å². The smallest absolute Gasteiger partial charge is 0.236 e. The summed E-state index contributed by atoms with van der Waals surface area (Å²) in [6.45, 7) is 0. The maximum Gasteiger partial charge on any atom is 0.239 e. The standard InChI is InChI=1S/C8H8N4O2S/c9-15(13,14)7-2-3-8(10-6-7)12-5-1-4-11-12/h1-6H,(H2,9,13,14). The number of primary sulfonamides is 1. The monoisotopic (exact) mass is 224 g/mol. The van der Waals surface area contributed by atoms with Crippen LogP contribution in [-0.4, -0.2) is 23.2 Å². The third-order valence-corrected chi connectivity index (χ3v) is 2.69. The minimum atomic E-state index is -3.68. The molecule has 0 aromatic carbocycles. The Morgan fingerprint density at radius 1 is 1.33 bits per heavy atom. The fraction of sp³-hybridized carbons (Fsp3) is 0. The van der Waals surface area contributed by atoms with Crippen molar-refractivity contribution in [3.8, 4) is 5.82 Å². The molecule has 0 fully saturated rings. The van der Waals surface area contributed by atoms with Crippen LogP contribution in [0.3, 0.4) is 0 Å². The third kappa shape index (κ3) is 2.03. The number of rotatable bonds is 2. The lowest BCUT2D eigenvalue weighted by molar-refractivity contribution is 0.597. The maximum atomic E-state index is 10.9. The van der Waals surface area contributed by atoms with Gasteiger partial charge in [-0.3, -0.25) is 0 Å². The molecular formula is C8H8N4O2S. The van der Waals surface area contributed by atoms with E-state index >= 15 is 0 Å². The second kappa shape index (κ2) is 3.44. The van der Waals surface area contributed by atoms with Gasteiger partial charge in [-0.25, -0.2) is 23.2 Å². The molecule has 0 radical (unpaired) electrons. The first-order chi connectivity index (χ1) is 7.07. The average Bonchev–Trinajstić information content (AvgIpc) is 2.69. The molecule has 0 amide bonds. The van der Waals surface area contributed by atoms with E-state index in [4.69, 9.17) is 5.14 Å². The molecule has 2 aromatic rings. The van der Waals surface area contributed by atoms with E-state index in [9.17, 15) is 8.42 Å². The molecule has 0 spiro atoms. The normalized spacial score (nSPS) is 11.5. The highest BCUT2D eigenvalue weighted by atomic mass is 32.2. The molecule has 0 saturated heterocycles. The Hall–Kier alpha value is -1.73. The molecule has 2 N–H and O–H groups in total. The Bertz CT molecular complexity index is 545. The zero-order valence-corrected chi connectivity index (χ0v) is 8.42. The number of hydrogen-bond acceptors (Lipinski definition) is 4. The minimum Gasteiger partial charge on any atom is -0.236 e. The number of aromatic nitrogens is 3. The van der Waals surface area contributed by atoms with Crippen LogP contribution in [0, 0.1) is 0 Å². The van der Waals surface area contributed by atoms with Gasteiger partial charge in [0.2, 0.25) is 10.0 Å². The van der Waals surface area contributed by atoms with Gasteiger partial charge >= 0.3 is 0 Å². The van der Waals surface area contributed by atoms with Crippen LogP contribution < -0.4 is 5.14 Å². The van der Waals surface area contributed by atoms with Gasteiger partial charge < -0.3 is 0 Å². The van der Waals surface area contributed by atoms with Crippen molar-refractivity contribution in [3.63, 3.8) is 0 Å². The van der Waals surface area contributed by atoms with Gasteiger partial charge in [0.05, 0.1) is 0 Å². The van der Waals surface area contributed by atoms with E-state index in [1.807, 2.05) is 0 Å². The van der Waals surface area contributed by atoms with Gasteiger partial charge in [0, 0.05) is 18.6 Å². The largest absolute Gasteiger partial charge is 0.239 e. The molecule has 2 heterocycles. The number of hydrogen-bond donors (Lipinski definition) is 1. The molecule has 0 unspecified atom stereocenters. The van der Waals surface area contributed by atoms with E-state index in [-0.39, 0.29) is 4.90 Å². The second-order valence-corrected chi connectivity index (χ2v) is 4.41. The molecule has 0 aliphatic carbocycles. The Morgan fingerprint density at radius 2 is 2.13 bits per heavy atom. The van der Waals surface area contributed by atoms with Crippen LogP contribution in [0.1, 0.15) is 0 Å². The quantitative estimate of drug-likeness (QED) is 0.772. The third-order valence-electron chi connectivity index (χ3n) is 1.79. The number of pyridine rings is 1. The van der Waals surface area contributed by atoms with Crippen LogP contribution in [0.5, 0.6) is 0 Å². The average molecular weight is 224 g/mol. The Kier molecular flexibility index (Phi) is 2.25. The van der Waals surface area contributed by atoms with Gasteiger partial charge in [-0.15, -0.1) is 0 Å². The van der Waals surface area contributed by atoms with E-state index in [2.05, 4.69) is 10.1 Å². The number of nitrogens with zero attached hydrogens (tertiary/aromatic N) is 3. The van der Waals surface area contributed by atoms with Crippen LogP contribution in [-0.2, 0) is 10.0 Å². The summed E-state index contributed by atoms with van der Waals surface area (Å²) >= 11 is 0. The van der Waals surface area contributed by atoms with E-state index in [0.29, 0.717) is 5.82 Å². The van der Waals surface area contributed by atoms with Crippen LogP contribution in [0.4, 0.5) is 0 Å². The molecule has 15 heavy (non-hydrogen) atoms. The summed E-state index contributed by atoms with van der Waals surface area (Å²) in [4.78, 5) is 3.91. The highest BCUT2D eigenvalue weighted by Crippen LogP contribution is 2.07. The molecule has 0 aliphatic heterocycles. The molecule has 0 aliphatic rings. The summed E-state index contributed by atoms with van der Waals surface area (Å²) in [5.74, 6) is 0.535. The minimum absolute atomic E-state index is 0.0154. The maximum absolute atomic E-state index is 10.9. The summed E-state index contributed by atoms with van der Waals surface area (Å²) in [7, 11) is -3.68. The molecule has 2 rings (SSSR count). The second-order valence-electron chi connectivity index (χ2n) is 2.85. The summed E-state index contributed by atoms with van der Waals surface area (Å²) in [6.07, 6.45) is 4.51. The first kappa shape index (κ1) is 9.81. The summed E-state index contributed by atoms with van der Waals surface area (Å²) in [5, 5.41) is 8.89. The van der Waals surface area contributed by atoms with Crippen molar-refractivity contribution in [2.75, 3.05) is 0 Å². The first-order valence-corrected chi connectivity index (χ1v) is 5.61. The van der Waals surface area contributed by atoms with Crippen molar-refractivity contribution in [2.24, 2.45) is 5.14 Å². The Labute approximate surface area is 86.4 Å². The summed E-state index contributed by atoms with van der Waals surface area (Å²) < 4.78 is 23.4. The van der Waals surface area contributed by atoms with Crippen molar-refractivity contribution in [1.29, 1.82) is 0 Å². The van der Waals surface area contributed by atoms with Gasteiger partial charge in [-0.05, 0) is 18.2 Å². The van der Waals surface area contributed by atoms with Crippen LogP contribution in [0.2, 0.25) is 0 Å². The lowest BCUT2D eigenvalue weighted by Crippen LogP contribution is -2.12. The van der Waals surface area contributed by atoms with E-state index in [0.717, 1.165) is 0 Å². The fourth-order valence-electron chi connectivity index (χ4n) is 1.08.